The highest BCUT2D eigenvalue weighted by Crippen LogP contribution is 2.31. The summed E-state index contributed by atoms with van der Waals surface area (Å²) >= 11 is 0. The van der Waals surface area contributed by atoms with E-state index < -0.39 is 0 Å². The highest BCUT2D eigenvalue weighted by Gasteiger charge is 2.30. The summed E-state index contributed by atoms with van der Waals surface area (Å²) in [5.74, 6) is 0.997. The number of nitrogens with two attached hydrogens (primary N) is 1. The normalized spacial score (nSPS) is 24.0. The molecule has 1 aliphatic heterocycles. The molecule has 21 heavy (non-hydrogen) atoms. The molecular weight excluding hydrogens is 258 g/mol. The van der Waals surface area contributed by atoms with E-state index >= 15 is 0 Å². The summed E-state index contributed by atoms with van der Waals surface area (Å²) in [7, 11) is 0. The van der Waals surface area contributed by atoms with Gasteiger partial charge in [0.05, 0.1) is 0 Å². The van der Waals surface area contributed by atoms with E-state index in [4.69, 9.17) is 5.73 Å². The molecule has 0 spiro atoms. The fourth-order valence-electron chi connectivity index (χ4n) is 3.62. The van der Waals surface area contributed by atoms with Gasteiger partial charge >= 0.3 is 0 Å². The molecule has 1 aromatic carbocycles. The second-order valence-corrected chi connectivity index (χ2v) is 6.94. The molecule has 2 fully saturated rings. The van der Waals surface area contributed by atoms with Crippen molar-refractivity contribution in [3.63, 3.8) is 0 Å². The molecule has 3 nitrogen and oxygen atoms in total. The van der Waals surface area contributed by atoms with Gasteiger partial charge in [0.15, 0.2) is 0 Å². The van der Waals surface area contributed by atoms with Crippen molar-refractivity contribution in [1.29, 1.82) is 0 Å². The molecule has 0 radical (unpaired) electrons. The molecule has 1 saturated carbocycles. The zero-order chi connectivity index (χ0) is 14.8. The molecule has 3 rings (SSSR count). The molecule has 2 atom stereocenters. The second kappa shape index (κ2) is 6.47. The lowest BCUT2D eigenvalue weighted by molar-refractivity contribution is 0.0840. The Labute approximate surface area is 129 Å². The standard InChI is InChI=1S/C18H29N3/c1-14-5-3-4-6-17(14)18(15(2)19)21-11-9-20(10-12-21)13-16-7-8-16/h3-6,15-16,18H,7-13,19H2,1-2H3. The maximum absolute atomic E-state index is 6.34. The van der Waals surface area contributed by atoms with E-state index in [1.807, 2.05) is 0 Å². The van der Waals surface area contributed by atoms with Crippen LogP contribution in [0.15, 0.2) is 24.3 Å². The van der Waals surface area contributed by atoms with Crippen LogP contribution in [0.25, 0.3) is 0 Å². The maximum atomic E-state index is 6.34. The average Bonchev–Trinajstić information content (AvgIpc) is 3.27. The second-order valence-electron chi connectivity index (χ2n) is 6.94. The quantitative estimate of drug-likeness (QED) is 0.902. The topological polar surface area (TPSA) is 32.5 Å². The number of hydrogen-bond acceptors (Lipinski definition) is 3. The van der Waals surface area contributed by atoms with Gasteiger partial charge in [0.25, 0.3) is 0 Å². The predicted octanol–water partition coefficient (Wildman–Crippen LogP) is 2.41. The van der Waals surface area contributed by atoms with E-state index in [9.17, 15) is 0 Å². The number of rotatable bonds is 5. The van der Waals surface area contributed by atoms with Crippen molar-refractivity contribution in [2.75, 3.05) is 32.7 Å². The minimum absolute atomic E-state index is 0.168. The summed E-state index contributed by atoms with van der Waals surface area (Å²) < 4.78 is 0. The Morgan fingerprint density at radius 1 is 1.14 bits per heavy atom. The van der Waals surface area contributed by atoms with Gasteiger partial charge in [-0.05, 0) is 43.7 Å². The van der Waals surface area contributed by atoms with Gasteiger partial charge in [-0.15, -0.1) is 0 Å². The van der Waals surface area contributed by atoms with Gasteiger partial charge < -0.3 is 10.6 Å². The number of nitrogens with zero attached hydrogens (tertiary/aromatic N) is 2. The number of aryl methyl sites for hydroxylation is 1. The first-order valence-corrected chi connectivity index (χ1v) is 8.42. The van der Waals surface area contributed by atoms with Crippen LogP contribution in [0.5, 0.6) is 0 Å². The zero-order valence-electron chi connectivity index (χ0n) is 13.5. The molecule has 0 bridgehead atoms. The minimum Gasteiger partial charge on any atom is -0.326 e. The van der Waals surface area contributed by atoms with Crippen LogP contribution < -0.4 is 5.73 Å². The van der Waals surface area contributed by atoms with Crippen molar-refractivity contribution in [2.45, 2.75) is 38.8 Å². The lowest BCUT2D eigenvalue weighted by Crippen LogP contribution is -2.51. The van der Waals surface area contributed by atoms with E-state index in [-0.39, 0.29) is 6.04 Å². The van der Waals surface area contributed by atoms with Crippen molar-refractivity contribution >= 4 is 0 Å². The largest absolute Gasteiger partial charge is 0.326 e. The van der Waals surface area contributed by atoms with Crippen LogP contribution in [-0.2, 0) is 0 Å². The first-order chi connectivity index (χ1) is 10.1. The fourth-order valence-corrected chi connectivity index (χ4v) is 3.62. The van der Waals surface area contributed by atoms with Crippen molar-refractivity contribution in [3.05, 3.63) is 35.4 Å². The van der Waals surface area contributed by atoms with E-state index in [0.29, 0.717) is 6.04 Å². The Kier molecular flexibility index (Phi) is 4.63. The van der Waals surface area contributed by atoms with Crippen LogP contribution >= 0.6 is 0 Å². The lowest BCUT2D eigenvalue weighted by atomic mass is 9.94. The van der Waals surface area contributed by atoms with Crippen molar-refractivity contribution in [3.8, 4) is 0 Å². The number of benzene rings is 1. The molecule has 0 amide bonds. The summed E-state index contributed by atoms with van der Waals surface area (Å²) in [5, 5.41) is 0. The first kappa shape index (κ1) is 15.0. The summed E-state index contributed by atoms with van der Waals surface area (Å²) in [6, 6.07) is 9.23. The maximum Gasteiger partial charge on any atom is 0.0500 e. The Bertz CT molecular complexity index is 459. The molecule has 1 saturated heterocycles. The Hall–Kier alpha value is -0.900. The molecule has 2 aliphatic rings. The smallest absolute Gasteiger partial charge is 0.0500 e. The number of hydrogen-bond donors (Lipinski definition) is 1. The van der Waals surface area contributed by atoms with E-state index in [1.54, 1.807) is 0 Å². The van der Waals surface area contributed by atoms with Crippen molar-refractivity contribution in [1.82, 2.24) is 9.80 Å². The fraction of sp³-hybridized carbons (Fsp3) is 0.667. The lowest BCUT2D eigenvalue weighted by Gasteiger charge is -2.41. The predicted molar refractivity (Wildman–Crippen MR) is 88.3 cm³/mol. The van der Waals surface area contributed by atoms with Crippen LogP contribution in [0.4, 0.5) is 0 Å². The van der Waals surface area contributed by atoms with Gasteiger partial charge in [-0.3, -0.25) is 4.90 Å². The Balaban J connectivity index is 1.66. The molecule has 2 N–H and O–H groups in total. The molecular formula is C18H29N3. The molecule has 1 heterocycles. The number of piperazine rings is 1. The van der Waals surface area contributed by atoms with E-state index in [0.717, 1.165) is 19.0 Å². The van der Waals surface area contributed by atoms with Crippen molar-refractivity contribution in [2.24, 2.45) is 11.7 Å². The van der Waals surface area contributed by atoms with Crippen molar-refractivity contribution < 1.29 is 0 Å². The summed E-state index contributed by atoms with van der Waals surface area (Å²) in [5.41, 5.74) is 9.11. The van der Waals surface area contributed by atoms with Crippen LogP contribution in [0.2, 0.25) is 0 Å². The summed E-state index contributed by atoms with van der Waals surface area (Å²) in [6.45, 7) is 10.4. The monoisotopic (exact) mass is 287 g/mol. The zero-order valence-corrected chi connectivity index (χ0v) is 13.5. The van der Waals surface area contributed by atoms with E-state index in [2.05, 4.69) is 47.9 Å². The van der Waals surface area contributed by atoms with Crippen LogP contribution in [-0.4, -0.2) is 48.6 Å². The van der Waals surface area contributed by atoms with Gasteiger partial charge in [-0.2, -0.15) is 0 Å². The molecule has 1 aliphatic carbocycles. The van der Waals surface area contributed by atoms with Gasteiger partial charge in [0.2, 0.25) is 0 Å². The first-order valence-electron chi connectivity index (χ1n) is 8.42. The molecule has 0 aromatic heterocycles. The summed E-state index contributed by atoms with van der Waals surface area (Å²) in [4.78, 5) is 5.24. The summed E-state index contributed by atoms with van der Waals surface area (Å²) in [6.07, 6.45) is 2.90. The molecule has 1 aromatic rings. The van der Waals surface area contributed by atoms with Gasteiger partial charge in [-0.1, -0.05) is 24.3 Å². The van der Waals surface area contributed by atoms with Gasteiger partial charge in [0, 0.05) is 44.8 Å². The third-order valence-corrected chi connectivity index (χ3v) is 5.02. The van der Waals surface area contributed by atoms with Crippen LogP contribution in [0.1, 0.15) is 36.9 Å². The highest BCUT2D eigenvalue weighted by atomic mass is 15.3. The average molecular weight is 287 g/mol. The third-order valence-electron chi connectivity index (χ3n) is 5.02. The minimum atomic E-state index is 0.168. The van der Waals surface area contributed by atoms with E-state index in [1.165, 1.54) is 43.6 Å². The Morgan fingerprint density at radius 2 is 1.81 bits per heavy atom. The van der Waals surface area contributed by atoms with Gasteiger partial charge in [-0.25, -0.2) is 0 Å². The molecule has 3 heteroatoms. The van der Waals surface area contributed by atoms with Gasteiger partial charge in [0.1, 0.15) is 0 Å². The highest BCUT2D eigenvalue weighted by molar-refractivity contribution is 5.30. The molecule has 2 unspecified atom stereocenters. The third kappa shape index (κ3) is 3.65. The molecule has 116 valence electrons. The Morgan fingerprint density at radius 3 is 2.38 bits per heavy atom. The van der Waals surface area contributed by atoms with Crippen LogP contribution in [0, 0.1) is 12.8 Å². The SMILES string of the molecule is Cc1ccccc1C(C(C)N)N1CCN(CC2CC2)CC1. The van der Waals surface area contributed by atoms with Crippen LogP contribution in [0.3, 0.4) is 0 Å².